The van der Waals surface area contributed by atoms with Crippen LogP contribution in [0.1, 0.15) is 0 Å². The first-order chi connectivity index (χ1) is 9.16. The molecule has 0 atom stereocenters. The lowest BCUT2D eigenvalue weighted by atomic mass is 10.1. The van der Waals surface area contributed by atoms with Gasteiger partial charge in [0.2, 0.25) is 0 Å². The molecule has 1 aromatic carbocycles. The fraction of sp³-hybridized carbons (Fsp3) is 0. The Labute approximate surface area is 120 Å². The monoisotopic (exact) mass is 289 g/mol. The van der Waals surface area contributed by atoms with Crippen molar-refractivity contribution >= 4 is 39.8 Å². The predicted octanol–water partition coefficient (Wildman–Crippen LogP) is 4.19. The molecule has 3 rings (SSSR count). The van der Waals surface area contributed by atoms with Gasteiger partial charge in [0.15, 0.2) is 0 Å². The Morgan fingerprint density at radius 2 is 1.79 bits per heavy atom. The van der Waals surface area contributed by atoms with Crippen LogP contribution in [0.5, 0.6) is 0 Å². The molecule has 0 spiro atoms. The van der Waals surface area contributed by atoms with Crippen molar-refractivity contribution in [2.75, 3.05) is 5.73 Å². The van der Waals surface area contributed by atoms with Gasteiger partial charge in [0.05, 0.1) is 15.7 Å². The van der Waals surface area contributed by atoms with Gasteiger partial charge in [-0.2, -0.15) is 0 Å². The van der Waals surface area contributed by atoms with Gasteiger partial charge in [-0.05, 0) is 11.5 Å². The number of aromatic nitrogens is 2. The highest BCUT2D eigenvalue weighted by atomic mass is 35.5. The molecular weight excluding hydrogens is 281 g/mol. The minimum Gasteiger partial charge on any atom is -0.382 e. The number of benzene rings is 1. The SMILES string of the molecule is Nc1nc(-c2cncc3ccccc23)c(Cl)cc1Cl. The second-order valence-electron chi connectivity index (χ2n) is 4.09. The highest BCUT2D eigenvalue weighted by molar-refractivity contribution is 6.37. The summed E-state index contributed by atoms with van der Waals surface area (Å²) in [5, 5.41) is 2.85. The smallest absolute Gasteiger partial charge is 0.143 e. The van der Waals surface area contributed by atoms with E-state index in [1.54, 1.807) is 18.5 Å². The summed E-state index contributed by atoms with van der Waals surface area (Å²) in [6.45, 7) is 0. The molecule has 0 aliphatic heterocycles. The Bertz CT molecular complexity index is 766. The normalized spacial score (nSPS) is 10.8. The highest BCUT2D eigenvalue weighted by Crippen LogP contribution is 2.34. The molecule has 0 bridgehead atoms. The van der Waals surface area contributed by atoms with Crippen molar-refractivity contribution in [2.24, 2.45) is 0 Å². The number of pyridine rings is 2. The Hall–Kier alpha value is -1.84. The average molecular weight is 290 g/mol. The van der Waals surface area contributed by atoms with Crippen molar-refractivity contribution in [3.63, 3.8) is 0 Å². The van der Waals surface area contributed by atoms with Crippen molar-refractivity contribution in [3.8, 4) is 11.3 Å². The van der Waals surface area contributed by atoms with Crippen LogP contribution in [0.15, 0.2) is 42.7 Å². The number of rotatable bonds is 1. The van der Waals surface area contributed by atoms with E-state index < -0.39 is 0 Å². The first-order valence-electron chi connectivity index (χ1n) is 5.61. The number of anilines is 1. The zero-order valence-electron chi connectivity index (χ0n) is 9.77. The van der Waals surface area contributed by atoms with E-state index in [4.69, 9.17) is 28.9 Å². The number of nitrogens with two attached hydrogens (primary N) is 1. The van der Waals surface area contributed by atoms with E-state index in [1.807, 2.05) is 24.3 Å². The van der Waals surface area contributed by atoms with Crippen LogP contribution in [0.3, 0.4) is 0 Å². The lowest BCUT2D eigenvalue weighted by Crippen LogP contribution is -1.95. The van der Waals surface area contributed by atoms with Crippen LogP contribution in [0, 0.1) is 0 Å². The average Bonchev–Trinajstić information content (AvgIpc) is 2.42. The van der Waals surface area contributed by atoms with Crippen molar-refractivity contribution < 1.29 is 0 Å². The van der Waals surface area contributed by atoms with Crippen LogP contribution in [-0.2, 0) is 0 Å². The van der Waals surface area contributed by atoms with Crippen LogP contribution < -0.4 is 5.73 Å². The summed E-state index contributed by atoms with van der Waals surface area (Å²) < 4.78 is 0. The maximum atomic E-state index is 6.21. The largest absolute Gasteiger partial charge is 0.382 e. The van der Waals surface area contributed by atoms with E-state index in [2.05, 4.69) is 9.97 Å². The molecule has 0 saturated carbocycles. The molecule has 0 aliphatic carbocycles. The number of hydrogen-bond acceptors (Lipinski definition) is 3. The Kier molecular flexibility index (Phi) is 3.01. The van der Waals surface area contributed by atoms with E-state index >= 15 is 0 Å². The maximum absolute atomic E-state index is 6.21. The van der Waals surface area contributed by atoms with E-state index in [0.717, 1.165) is 16.3 Å². The Morgan fingerprint density at radius 3 is 2.63 bits per heavy atom. The van der Waals surface area contributed by atoms with E-state index in [9.17, 15) is 0 Å². The van der Waals surface area contributed by atoms with Gasteiger partial charge in [0.1, 0.15) is 5.82 Å². The predicted molar refractivity (Wildman–Crippen MR) is 79.4 cm³/mol. The standard InChI is InChI=1S/C14H9Cl2N3/c15-11-5-12(16)14(17)19-13(11)10-7-18-6-8-3-1-2-4-9(8)10/h1-7H,(H2,17,19). The molecule has 0 amide bonds. The summed E-state index contributed by atoms with van der Waals surface area (Å²) in [4.78, 5) is 8.48. The van der Waals surface area contributed by atoms with Crippen LogP contribution in [0.25, 0.3) is 22.0 Å². The molecular formula is C14H9Cl2N3. The Morgan fingerprint density at radius 1 is 1.00 bits per heavy atom. The number of nitrogens with zero attached hydrogens (tertiary/aromatic N) is 2. The van der Waals surface area contributed by atoms with Crippen LogP contribution in [0.2, 0.25) is 10.0 Å². The molecule has 2 aromatic heterocycles. The lowest BCUT2D eigenvalue weighted by molar-refractivity contribution is 1.30. The molecule has 0 saturated heterocycles. The van der Waals surface area contributed by atoms with Crippen molar-refractivity contribution in [1.29, 1.82) is 0 Å². The van der Waals surface area contributed by atoms with Gasteiger partial charge in [0, 0.05) is 23.3 Å². The number of hydrogen-bond donors (Lipinski definition) is 1. The van der Waals surface area contributed by atoms with Crippen molar-refractivity contribution in [3.05, 3.63) is 52.8 Å². The quantitative estimate of drug-likeness (QED) is 0.731. The zero-order valence-corrected chi connectivity index (χ0v) is 11.3. The van der Waals surface area contributed by atoms with E-state index in [1.165, 1.54) is 0 Å². The second-order valence-corrected chi connectivity index (χ2v) is 4.91. The summed E-state index contributed by atoms with van der Waals surface area (Å²) in [5.74, 6) is 0.258. The lowest BCUT2D eigenvalue weighted by Gasteiger charge is -2.08. The molecule has 0 unspecified atom stereocenters. The minimum absolute atomic E-state index is 0.258. The van der Waals surface area contributed by atoms with Crippen LogP contribution in [-0.4, -0.2) is 9.97 Å². The summed E-state index contributed by atoms with van der Waals surface area (Å²) in [6, 6.07) is 9.49. The molecule has 5 heteroatoms. The van der Waals surface area contributed by atoms with Gasteiger partial charge >= 0.3 is 0 Å². The second kappa shape index (κ2) is 4.68. The number of fused-ring (bicyclic) bond motifs is 1. The molecule has 2 N–H and O–H groups in total. The third kappa shape index (κ3) is 2.11. The first kappa shape index (κ1) is 12.2. The van der Waals surface area contributed by atoms with Crippen molar-refractivity contribution in [1.82, 2.24) is 9.97 Å². The molecule has 0 fully saturated rings. The topological polar surface area (TPSA) is 51.8 Å². The van der Waals surface area contributed by atoms with Crippen LogP contribution >= 0.6 is 23.2 Å². The third-order valence-electron chi connectivity index (χ3n) is 2.88. The zero-order chi connectivity index (χ0) is 13.4. The number of nitrogen functional groups attached to an aromatic ring is 1. The maximum Gasteiger partial charge on any atom is 0.143 e. The van der Waals surface area contributed by atoms with Crippen molar-refractivity contribution in [2.45, 2.75) is 0 Å². The summed E-state index contributed by atoms with van der Waals surface area (Å²) in [5.41, 5.74) is 7.18. The van der Waals surface area contributed by atoms with Crippen LogP contribution in [0.4, 0.5) is 5.82 Å². The summed E-state index contributed by atoms with van der Waals surface area (Å²) in [7, 11) is 0. The molecule has 94 valence electrons. The summed E-state index contributed by atoms with van der Waals surface area (Å²) >= 11 is 12.1. The Balaban J connectivity index is 2.33. The molecule has 3 aromatic rings. The molecule has 3 nitrogen and oxygen atoms in total. The van der Waals surface area contributed by atoms with Gasteiger partial charge in [0.25, 0.3) is 0 Å². The fourth-order valence-electron chi connectivity index (χ4n) is 1.97. The van der Waals surface area contributed by atoms with E-state index in [-0.39, 0.29) is 5.82 Å². The van der Waals surface area contributed by atoms with Gasteiger partial charge in [-0.3, -0.25) is 4.98 Å². The highest BCUT2D eigenvalue weighted by Gasteiger charge is 2.12. The van der Waals surface area contributed by atoms with E-state index in [0.29, 0.717) is 15.7 Å². The van der Waals surface area contributed by atoms with Gasteiger partial charge in [-0.1, -0.05) is 47.5 Å². The third-order valence-corrected chi connectivity index (χ3v) is 3.47. The van der Waals surface area contributed by atoms with Gasteiger partial charge in [-0.15, -0.1) is 0 Å². The minimum atomic E-state index is 0.258. The molecule has 0 aliphatic rings. The first-order valence-corrected chi connectivity index (χ1v) is 6.37. The number of halogens is 2. The van der Waals surface area contributed by atoms with Gasteiger partial charge < -0.3 is 5.73 Å². The summed E-state index contributed by atoms with van der Waals surface area (Å²) in [6.07, 6.45) is 3.52. The molecule has 0 radical (unpaired) electrons. The fourth-order valence-corrected chi connectivity index (χ4v) is 2.44. The van der Waals surface area contributed by atoms with Gasteiger partial charge in [-0.25, -0.2) is 4.98 Å². The molecule has 19 heavy (non-hydrogen) atoms. The molecule has 2 heterocycles.